The summed E-state index contributed by atoms with van der Waals surface area (Å²) in [5.41, 5.74) is 0.706. The van der Waals surface area contributed by atoms with E-state index in [-0.39, 0.29) is 29.0 Å². The van der Waals surface area contributed by atoms with Gasteiger partial charge in [0.05, 0.1) is 19.2 Å². The minimum atomic E-state index is -1.03. The third-order valence-corrected chi connectivity index (χ3v) is 8.96. The number of H-pyrrole nitrogens is 1. The highest BCUT2D eigenvalue weighted by molar-refractivity contribution is 8.01. The van der Waals surface area contributed by atoms with Crippen molar-refractivity contribution >= 4 is 35.1 Å². The van der Waals surface area contributed by atoms with Crippen molar-refractivity contribution in [2.75, 3.05) is 14.2 Å². The second-order valence-electron chi connectivity index (χ2n) is 9.92. The number of carbonyl (C=O) groups is 2. The van der Waals surface area contributed by atoms with Gasteiger partial charge in [0.2, 0.25) is 5.16 Å². The van der Waals surface area contributed by atoms with Gasteiger partial charge in [-0.05, 0) is 67.5 Å². The fraction of sp³-hybridized carbons (Fsp3) is 0.429. The van der Waals surface area contributed by atoms with Gasteiger partial charge in [-0.25, -0.2) is 4.98 Å². The van der Waals surface area contributed by atoms with Crippen LogP contribution in [0.4, 0.5) is 0 Å². The van der Waals surface area contributed by atoms with Crippen LogP contribution in [0.1, 0.15) is 44.1 Å². The number of halogens is 1. The molecule has 2 unspecified atom stereocenters. The predicted octanol–water partition coefficient (Wildman–Crippen LogP) is 5.39. The van der Waals surface area contributed by atoms with Crippen LogP contribution in [-0.4, -0.2) is 57.1 Å². The van der Waals surface area contributed by atoms with Crippen LogP contribution < -0.4 is 9.47 Å². The lowest BCUT2D eigenvalue weighted by atomic mass is 9.76. The van der Waals surface area contributed by atoms with Gasteiger partial charge in [-0.1, -0.05) is 36.2 Å². The van der Waals surface area contributed by atoms with E-state index in [1.807, 2.05) is 6.07 Å². The second kappa shape index (κ2) is 11.5. The number of hydrogen-bond donors (Lipinski definition) is 2. The summed E-state index contributed by atoms with van der Waals surface area (Å²) in [4.78, 5) is 31.3. The number of aryl methyl sites for hydroxylation is 1. The number of carbonyl (C=O) groups excluding carboxylic acids is 2. The zero-order valence-corrected chi connectivity index (χ0v) is 23.3. The lowest BCUT2D eigenvalue weighted by molar-refractivity contribution is -0.177. The van der Waals surface area contributed by atoms with Gasteiger partial charge >= 0.3 is 5.97 Å². The van der Waals surface area contributed by atoms with E-state index >= 15 is 0 Å². The number of ether oxygens (including phenoxy) is 3. The van der Waals surface area contributed by atoms with E-state index in [0.717, 1.165) is 48.6 Å². The third-order valence-electron chi connectivity index (χ3n) is 7.58. The van der Waals surface area contributed by atoms with Crippen LogP contribution in [0.2, 0.25) is 5.02 Å². The van der Waals surface area contributed by atoms with Gasteiger partial charge in [-0.2, -0.15) is 0 Å². The lowest BCUT2D eigenvalue weighted by Gasteiger charge is -2.42. The Morgan fingerprint density at radius 3 is 2.51 bits per heavy atom. The van der Waals surface area contributed by atoms with Crippen LogP contribution in [0.3, 0.4) is 0 Å². The van der Waals surface area contributed by atoms with Crippen LogP contribution in [-0.2, 0) is 20.7 Å². The van der Waals surface area contributed by atoms with Crippen LogP contribution >= 0.6 is 23.4 Å². The number of phenolic OH excluding ortho intramolecular Hbond substituents is 1. The summed E-state index contributed by atoms with van der Waals surface area (Å²) in [5.74, 6) is 1.14. The number of nitrogens with zero attached hydrogens (tertiary/aromatic N) is 2. The first kappa shape index (κ1) is 27.3. The molecular formula is C28H30ClN3O6S. The molecule has 2 fully saturated rings. The smallest absolute Gasteiger partial charge is 0.327 e. The Bertz CT molecular complexity index is 1340. The Morgan fingerprint density at radius 2 is 1.85 bits per heavy atom. The van der Waals surface area contributed by atoms with E-state index < -0.39 is 16.8 Å². The summed E-state index contributed by atoms with van der Waals surface area (Å²) >= 11 is 7.37. The van der Waals surface area contributed by atoms with Crippen molar-refractivity contribution in [3.63, 3.8) is 0 Å². The first-order chi connectivity index (χ1) is 18.8. The van der Waals surface area contributed by atoms with Gasteiger partial charge in [0.1, 0.15) is 22.8 Å². The number of rotatable bonds is 9. The van der Waals surface area contributed by atoms with Crippen molar-refractivity contribution in [1.82, 2.24) is 15.2 Å². The standard InChI is InChI=1S/C28H30ClN3O6S/c1-36-22-14-23(37-2)20(29)13-17(22)11-12-28(18-5-3-4-6-18)15-21(34)24(26(35)38-28)39-27-30-25(31-32-27)16-7-9-19(33)10-8-16/h7-10,13-14,18,24,33H,3-6,11-12,15H2,1-2H3,(H,30,31,32). The largest absolute Gasteiger partial charge is 0.508 e. The number of benzene rings is 2. The first-order valence-electron chi connectivity index (χ1n) is 12.9. The highest BCUT2D eigenvalue weighted by atomic mass is 35.5. The van der Waals surface area contributed by atoms with Crippen molar-refractivity contribution in [3.05, 3.63) is 47.0 Å². The number of thioether (sulfide) groups is 1. The summed E-state index contributed by atoms with van der Waals surface area (Å²) < 4.78 is 17.1. The maximum atomic E-state index is 13.5. The van der Waals surface area contributed by atoms with E-state index in [9.17, 15) is 14.7 Å². The molecule has 1 aliphatic heterocycles. The average Bonchev–Trinajstić information content (AvgIpc) is 3.63. The number of esters is 1. The molecular weight excluding hydrogens is 542 g/mol. The molecule has 2 atom stereocenters. The minimum Gasteiger partial charge on any atom is -0.508 e. The number of aromatic nitrogens is 3. The van der Waals surface area contributed by atoms with Crippen molar-refractivity contribution < 1.29 is 28.9 Å². The van der Waals surface area contributed by atoms with Crippen LogP contribution in [0.15, 0.2) is 41.6 Å². The minimum absolute atomic E-state index is 0.112. The monoisotopic (exact) mass is 571 g/mol. The number of hydrogen-bond acceptors (Lipinski definition) is 9. The number of methoxy groups -OCH3 is 2. The molecule has 0 spiro atoms. The molecule has 11 heteroatoms. The van der Waals surface area contributed by atoms with Crippen molar-refractivity contribution in [1.29, 1.82) is 0 Å². The maximum Gasteiger partial charge on any atom is 0.327 e. The molecule has 0 amide bonds. The molecule has 2 aliphatic rings. The molecule has 1 aliphatic carbocycles. The van der Waals surface area contributed by atoms with Gasteiger partial charge < -0.3 is 19.3 Å². The maximum absolute atomic E-state index is 13.5. The quantitative estimate of drug-likeness (QED) is 0.257. The van der Waals surface area contributed by atoms with Gasteiger partial charge in [0.25, 0.3) is 0 Å². The van der Waals surface area contributed by atoms with E-state index in [0.29, 0.717) is 35.2 Å². The normalized spacial score (nSPS) is 21.7. The van der Waals surface area contributed by atoms with Crippen molar-refractivity contribution in [2.45, 2.75) is 61.0 Å². The van der Waals surface area contributed by atoms with Gasteiger partial charge in [-0.3, -0.25) is 14.7 Å². The van der Waals surface area contributed by atoms with Gasteiger partial charge in [-0.15, -0.1) is 5.10 Å². The number of cyclic esters (lactones) is 1. The SMILES string of the molecule is COc1cc(OC)c(CCC2(C3CCCC3)CC(=O)C(Sc3n[nH]c(-c4ccc(O)cc4)n3)C(=O)O2)cc1Cl. The third kappa shape index (κ3) is 5.72. The lowest BCUT2D eigenvalue weighted by Crippen LogP contribution is -2.53. The number of Topliss-reactive ketones (excluding diaryl/α,β-unsaturated/α-hetero) is 1. The van der Waals surface area contributed by atoms with Crippen LogP contribution in [0.25, 0.3) is 11.4 Å². The summed E-state index contributed by atoms with van der Waals surface area (Å²) in [5, 5.41) is 16.2. The zero-order valence-electron chi connectivity index (χ0n) is 21.7. The molecule has 2 aromatic carbocycles. The predicted molar refractivity (Wildman–Crippen MR) is 146 cm³/mol. The van der Waals surface area contributed by atoms with Crippen LogP contribution in [0.5, 0.6) is 17.2 Å². The molecule has 0 bridgehead atoms. The Balaban J connectivity index is 1.33. The van der Waals surface area contributed by atoms with E-state index in [2.05, 4.69) is 15.2 Å². The van der Waals surface area contributed by atoms with E-state index in [1.165, 1.54) is 0 Å². The fourth-order valence-electron chi connectivity index (χ4n) is 5.56. The molecule has 206 valence electrons. The number of ketones is 1. The average molecular weight is 572 g/mol. The molecule has 2 N–H and O–H groups in total. The van der Waals surface area contributed by atoms with Gasteiger partial charge in [0.15, 0.2) is 16.9 Å². The Labute approximate surface area is 235 Å². The highest BCUT2D eigenvalue weighted by Crippen LogP contribution is 2.46. The molecule has 3 aromatic rings. The Kier molecular flexibility index (Phi) is 8.04. The van der Waals surface area contributed by atoms with E-state index in [1.54, 1.807) is 44.6 Å². The molecule has 9 nitrogen and oxygen atoms in total. The first-order valence-corrected chi connectivity index (χ1v) is 14.1. The second-order valence-corrected chi connectivity index (χ2v) is 11.4. The number of aromatic hydroxyl groups is 1. The summed E-state index contributed by atoms with van der Waals surface area (Å²) in [6.45, 7) is 0. The summed E-state index contributed by atoms with van der Waals surface area (Å²) in [6, 6.07) is 10.0. The molecule has 39 heavy (non-hydrogen) atoms. The molecule has 1 saturated carbocycles. The van der Waals surface area contributed by atoms with E-state index in [4.69, 9.17) is 25.8 Å². The van der Waals surface area contributed by atoms with Gasteiger partial charge in [0, 0.05) is 18.1 Å². The molecule has 1 aromatic heterocycles. The van der Waals surface area contributed by atoms with Crippen molar-refractivity contribution in [2.24, 2.45) is 5.92 Å². The Hall–Kier alpha value is -3.24. The highest BCUT2D eigenvalue weighted by Gasteiger charge is 2.52. The number of aromatic amines is 1. The Morgan fingerprint density at radius 1 is 1.13 bits per heavy atom. The topological polar surface area (TPSA) is 124 Å². The molecule has 1 saturated heterocycles. The molecule has 2 heterocycles. The number of phenols is 1. The number of nitrogens with one attached hydrogen (secondary N) is 1. The molecule has 0 radical (unpaired) electrons. The zero-order chi connectivity index (χ0) is 27.6. The summed E-state index contributed by atoms with van der Waals surface area (Å²) in [7, 11) is 3.13. The fourth-order valence-corrected chi connectivity index (χ4v) is 6.64. The summed E-state index contributed by atoms with van der Waals surface area (Å²) in [6.07, 6.45) is 5.07. The van der Waals surface area contributed by atoms with Crippen molar-refractivity contribution in [3.8, 4) is 28.6 Å². The van der Waals surface area contributed by atoms with Crippen LogP contribution in [0, 0.1) is 5.92 Å². The molecule has 5 rings (SSSR count).